The van der Waals surface area contributed by atoms with E-state index >= 15 is 0 Å². The number of halogens is 1. The van der Waals surface area contributed by atoms with Crippen LogP contribution in [-0.4, -0.2) is 6.30 Å². The molecule has 2 unspecified atom stereocenters. The van der Waals surface area contributed by atoms with Gasteiger partial charge in [-0.05, 0) is 6.42 Å². The Hall–Kier alpha value is -0.110. The second-order valence-corrected chi connectivity index (χ2v) is 3.27. The van der Waals surface area contributed by atoms with Gasteiger partial charge in [0.05, 0.1) is 0 Å². The molecule has 0 spiro atoms. The lowest BCUT2D eigenvalue weighted by Crippen LogP contribution is -2.22. The first-order valence-electron chi connectivity index (χ1n) is 4.58. The summed E-state index contributed by atoms with van der Waals surface area (Å²) in [5.74, 6) is 0.0341. The zero-order valence-corrected chi connectivity index (χ0v) is 7.65. The van der Waals surface area contributed by atoms with Crippen molar-refractivity contribution in [2.24, 2.45) is 11.7 Å². The van der Waals surface area contributed by atoms with Crippen molar-refractivity contribution in [1.82, 2.24) is 0 Å². The third-order valence-corrected chi connectivity index (χ3v) is 2.06. The number of alkyl halides is 1. The summed E-state index contributed by atoms with van der Waals surface area (Å²) in [6, 6.07) is 0. The second kappa shape index (κ2) is 6.59. The number of hydrogen-bond acceptors (Lipinski definition) is 1. The van der Waals surface area contributed by atoms with Crippen LogP contribution in [0.1, 0.15) is 46.0 Å². The van der Waals surface area contributed by atoms with Gasteiger partial charge in [-0.15, -0.1) is 0 Å². The summed E-state index contributed by atoms with van der Waals surface area (Å²) < 4.78 is 12.4. The molecule has 0 aliphatic rings. The van der Waals surface area contributed by atoms with Gasteiger partial charge in [0.15, 0.2) is 6.30 Å². The van der Waals surface area contributed by atoms with Gasteiger partial charge in [0, 0.05) is 5.92 Å². The third kappa shape index (κ3) is 6.29. The van der Waals surface area contributed by atoms with Crippen LogP contribution in [0.2, 0.25) is 0 Å². The van der Waals surface area contributed by atoms with Gasteiger partial charge in [-0.1, -0.05) is 39.5 Å². The van der Waals surface area contributed by atoms with Crippen molar-refractivity contribution in [2.75, 3.05) is 0 Å². The first-order chi connectivity index (χ1) is 5.18. The number of nitrogens with two attached hydrogens (primary N) is 1. The zero-order valence-electron chi connectivity index (χ0n) is 7.65. The van der Waals surface area contributed by atoms with Crippen LogP contribution in [0.4, 0.5) is 4.39 Å². The minimum Gasteiger partial charge on any atom is -0.302 e. The van der Waals surface area contributed by atoms with Crippen LogP contribution in [0.15, 0.2) is 0 Å². The van der Waals surface area contributed by atoms with E-state index in [0.29, 0.717) is 0 Å². The Morgan fingerprint density at radius 3 is 2.36 bits per heavy atom. The minimum atomic E-state index is -1.13. The van der Waals surface area contributed by atoms with Crippen LogP contribution < -0.4 is 5.73 Å². The molecule has 0 saturated heterocycles. The number of hydrogen-bond donors (Lipinski definition) is 1. The SMILES string of the molecule is CCCCCCC(C)C(N)F. The van der Waals surface area contributed by atoms with Crippen molar-refractivity contribution in [3.63, 3.8) is 0 Å². The highest BCUT2D eigenvalue weighted by atomic mass is 19.1. The van der Waals surface area contributed by atoms with Gasteiger partial charge >= 0.3 is 0 Å². The molecule has 2 heteroatoms. The first-order valence-corrected chi connectivity index (χ1v) is 4.58. The molecule has 2 atom stereocenters. The molecule has 0 aromatic carbocycles. The van der Waals surface area contributed by atoms with Crippen LogP contribution >= 0.6 is 0 Å². The zero-order chi connectivity index (χ0) is 8.69. The molecule has 0 aromatic heterocycles. The molecule has 0 radical (unpaired) electrons. The van der Waals surface area contributed by atoms with Gasteiger partial charge in [0.1, 0.15) is 0 Å². The van der Waals surface area contributed by atoms with Gasteiger partial charge in [-0.25, -0.2) is 4.39 Å². The lowest BCUT2D eigenvalue weighted by atomic mass is 10.0. The molecule has 11 heavy (non-hydrogen) atoms. The van der Waals surface area contributed by atoms with E-state index < -0.39 is 6.30 Å². The highest BCUT2D eigenvalue weighted by Gasteiger charge is 2.09. The van der Waals surface area contributed by atoms with Gasteiger partial charge in [-0.2, -0.15) is 0 Å². The van der Waals surface area contributed by atoms with Gasteiger partial charge in [0.2, 0.25) is 0 Å². The van der Waals surface area contributed by atoms with Crippen LogP contribution in [0.3, 0.4) is 0 Å². The van der Waals surface area contributed by atoms with E-state index in [-0.39, 0.29) is 5.92 Å². The quantitative estimate of drug-likeness (QED) is 0.470. The predicted octanol–water partition coefficient (Wildman–Crippen LogP) is 2.85. The largest absolute Gasteiger partial charge is 0.302 e. The predicted molar refractivity (Wildman–Crippen MR) is 47.0 cm³/mol. The van der Waals surface area contributed by atoms with E-state index in [0.717, 1.165) is 12.8 Å². The van der Waals surface area contributed by atoms with Crippen LogP contribution in [0.5, 0.6) is 0 Å². The van der Waals surface area contributed by atoms with E-state index in [1.165, 1.54) is 19.3 Å². The summed E-state index contributed by atoms with van der Waals surface area (Å²) in [5, 5.41) is 0. The molecule has 0 heterocycles. The van der Waals surface area contributed by atoms with E-state index in [1.54, 1.807) is 0 Å². The molecule has 0 bridgehead atoms. The Bertz CT molecular complexity index is 83.6. The fraction of sp³-hybridized carbons (Fsp3) is 1.00. The fourth-order valence-electron chi connectivity index (χ4n) is 1.05. The highest BCUT2D eigenvalue weighted by Crippen LogP contribution is 2.13. The molecule has 0 aliphatic carbocycles. The monoisotopic (exact) mass is 161 g/mol. The fourth-order valence-corrected chi connectivity index (χ4v) is 1.05. The van der Waals surface area contributed by atoms with Crippen LogP contribution in [0, 0.1) is 5.92 Å². The molecule has 0 fully saturated rings. The van der Waals surface area contributed by atoms with Gasteiger partial charge in [-0.3, -0.25) is 0 Å². The number of unbranched alkanes of at least 4 members (excludes halogenated alkanes) is 3. The van der Waals surface area contributed by atoms with E-state index in [4.69, 9.17) is 5.73 Å². The highest BCUT2D eigenvalue weighted by molar-refractivity contribution is 4.58. The Morgan fingerprint density at radius 2 is 1.91 bits per heavy atom. The summed E-state index contributed by atoms with van der Waals surface area (Å²) >= 11 is 0. The summed E-state index contributed by atoms with van der Waals surface area (Å²) in [6.07, 6.45) is 4.62. The normalized spacial score (nSPS) is 16.4. The Morgan fingerprint density at radius 1 is 1.27 bits per heavy atom. The smallest absolute Gasteiger partial charge is 0.151 e. The molecule has 0 rings (SSSR count). The summed E-state index contributed by atoms with van der Waals surface area (Å²) in [7, 11) is 0. The van der Waals surface area contributed by atoms with E-state index in [9.17, 15) is 4.39 Å². The number of rotatable bonds is 6. The molecular formula is C9H20FN. The maximum Gasteiger partial charge on any atom is 0.151 e. The van der Waals surface area contributed by atoms with Crippen molar-refractivity contribution >= 4 is 0 Å². The lowest BCUT2D eigenvalue weighted by Gasteiger charge is -2.11. The van der Waals surface area contributed by atoms with Gasteiger partial charge in [0.25, 0.3) is 0 Å². The average Bonchev–Trinajstić information content (AvgIpc) is 1.97. The van der Waals surface area contributed by atoms with Crippen molar-refractivity contribution in [3.8, 4) is 0 Å². The summed E-state index contributed by atoms with van der Waals surface area (Å²) in [6.45, 7) is 4.04. The second-order valence-electron chi connectivity index (χ2n) is 3.27. The van der Waals surface area contributed by atoms with E-state index in [2.05, 4.69) is 6.92 Å². The Kier molecular flexibility index (Phi) is 6.52. The molecule has 2 N–H and O–H groups in total. The standard InChI is InChI=1S/C9H20FN/c1-3-4-5-6-7-8(2)9(10)11/h8-9H,3-7,11H2,1-2H3. The molecule has 0 aromatic rings. The Balaban J connectivity index is 3.10. The third-order valence-electron chi connectivity index (χ3n) is 2.06. The van der Waals surface area contributed by atoms with Crippen molar-refractivity contribution in [1.29, 1.82) is 0 Å². The van der Waals surface area contributed by atoms with E-state index in [1.807, 2.05) is 6.92 Å². The molecule has 0 aliphatic heterocycles. The molecule has 68 valence electrons. The molecule has 1 nitrogen and oxygen atoms in total. The van der Waals surface area contributed by atoms with Gasteiger partial charge < -0.3 is 5.73 Å². The van der Waals surface area contributed by atoms with Crippen molar-refractivity contribution in [3.05, 3.63) is 0 Å². The van der Waals surface area contributed by atoms with Crippen molar-refractivity contribution < 1.29 is 4.39 Å². The topological polar surface area (TPSA) is 26.0 Å². The lowest BCUT2D eigenvalue weighted by molar-refractivity contribution is 0.234. The van der Waals surface area contributed by atoms with Crippen LogP contribution in [-0.2, 0) is 0 Å². The summed E-state index contributed by atoms with van der Waals surface area (Å²) in [5.41, 5.74) is 5.08. The van der Waals surface area contributed by atoms with Crippen LogP contribution in [0.25, 0.3) is 0 Å². The maximum absolute atomic E-state index is 12.4. The molecule has 0 amide bonds. The molecular weight excluding hydrogens is 141 g/mol. The maximum atomic E-state index is 12.4. The average molecular weight is 161 g/mol. The minimum absolute atomic E-state index is 0.0341. The Labute approximate surface area is 69.2 Å². The molecule has 0 saturated carbocycles. The van der Waals surface area contributed by atoms with Crippen molar-refractivity contribution in [2.45, 2.75) is 52.2 Å². The first kappa shape index (κ1) is 10.9. The summed E-state index contributed by atoms with van der Waals surface area (Å²) in [4.78, 5) is 0.